The molecule has 0 saturated heterocycles. The summed E-state index contributed by atoms with van der Waals surface area (Å²) >= 11 is 0. The van der Waals surface area contributed by atoms with Crippen LogP contribution < -0.4 is 15.6 Å². The predicted molar refractivity (Wildman–Crippen MR) is 104 cm³/mol. The Kier molecular flexibility index (Phi) is 4.94. The zero-order valence-electron chi connectivity index (χ0n) is 15.9. The van der Waals surface area contributed by atoms with Crippen LogP contribution in [0.25, 0.3) is 6.08 Å². The molecule has 27 heavy (non-hydrogen) atoms. The van der Waals surface area contributed by atoms with E-state index in [0.717, 1.165) is 23.3 Å². The molecule has 4 aliphatic carbocycles. The lowest BCUT2D eigenvalue weighted by Crippen LogP contribution is -2.49. The van der Waals surface area contributed by atoms with Gasteiger partial charge in [0.2, 0.25) is 5.91 Å². The maximum Gasteiger partial charge on any atom is 0.262 e. The quantitative estimate of drug-likeness (QED) is 0.618. The third-order valence-corrected chi connectivity index (χ3v) is 6.58. The van der Waals surface area contributed by atoms with Crippen LogP contribution in [0.3, 0.4) is 0 Å². The van der Waals surface area contributed by atoms with E-state index in [4.69, 9.17) is 4.74 Å². The van der Waals surface area contributed by atoms with E-state index in [1.807, 2.05) is 24.3 Å². The normalized spacial score (nSPS) is 31.1. The fraction of sp³-hybridized carbons (Fsp3) is 0.545. The number of methoxy groups -OCH3 is 1. The summed E-state index contributed by atoms with van der Waals surface area (Å²) in [6.45, 7) is 0. The van der Waals surface area contributed by atoms with Crippen LogP contribution in [-0.2, 0) is 9.59 Å². The molecule has 1 aromatic rings. The summed E-state index contributed by atoms with van der Waals surface area (Å²) in [6.07, 6.45) is 11.3. The van der Waals surface area contributed by atoms with E-state index in [1.165, 1.54) is 44.6 Å². The van der Waals surface area contributed by atoms with Gasteiger partial charge in [-0.3, -0.25) is 20.4 Å². The number of amides is 2. The number of hydrazine groups is 1. The SMILES string of the molecule is COc1ccccc1/C=C/C(=O)NNC(=O)CC12CC3CC(CC(C3)C1)C2. The summed E-state index contributed by atoms with van der Waals surface area (Å²) in [6, 6.07) is 7.47. The van der Waals surface area contributed by atoms with E-state index in [0.29, 0.717) is 12.2 Å². The Labute approximate surface area is 160 Å². The van der Waals surface area contributed by atoms with Crippen LogP contribution in [0, 0.1) is 23.2 Å². The summed E-state index contributed by atoms with van der Waals surface area (Å²) in [5.74, 6) is 2.75. The van der Waals surface area contributed by atoms with Crippen molar-refractivity contribution in [2.75, 3.05) is 7.11 Å². The summed E-state index contributed by atoms with van der Waals surface area (Å²) in [5, 5.41) is 0. The van der Waals surface area contributed by atoms with Crippen LogP contribution in [0.1, 0.15) is 50.5 Å². The standard InChI is InChI=1S/C22H28N2O3/c1-27-19-5-3-2-4-18(19)6-7-20(25)23-24-21(26)14-22-11-15-8-16(12-22)10-17(9-15)13-22/h2-7,15-17H,8-14H2,1H3,(H,23,25)(H,24,26)/b7-6+. The molecule has 4 aliphatic rings. The minimum atomic E-state index is -0.347. The van der Waals surface area contributed by atoms with Crippen molar-refractivity contribution in [2.24, 2.45) is 23.2 Å². The minimum absolute atomic E-state index is 0.0732. The Morgan fingerprint density at radius 1 is 1.07 bits per heavy atom. The van der Waals surface area contributed by atoms with Gasteiger partial charge in [0.05, 0.1) is 7.11 Å². The van der Waals surface area contributed by atoms with Crippen LogP contribution in [0.15, 0.2) is 30.3 Å². The molecule has 0 heterocycles. The van der Waals surface area contributed by atoms with Crippen molar-refractivity contribution in [3.63, 3.8) is 0 Å². The Balaban J connectivity index is 1.28. The molecule has 0 aromatic heterocycles. The maximum atomic E-state index is 12.4. The zero-order chi connectivity index (χ0) is 18.9. The van der Waals surface area contributed by atoms with Gasteiger partial charge in [0, 0.05) is 18.1 Å². The fourth-order valence-electron chi connectivity index (χ4n) is 6.03. The molecule has 4 bridgehead atoms. The average molecular weight is 368 g/mol. The molecule has 0 atom stereocenters. The van der Waals surface area contributed by atoms with Crippen LogP contribution in [-0.4, -0.2) is 18.9 Å². The number of rotatable bonds is 5. The lowest BCUT2D eigenvalue weighted by atomic mass is 9.49. The van der Waals surface area contributed by atoms with Crippen molar-refractivity contribution >= 4 is 17.9 Å². The number of hydrogen-bond acceptors (Lipinski definition) is 3. The Morgan fingerprint density at radius 2 is 1.70 bits per heavy atom. The number of carbonyl (C=O) groups is 2. The smallest absolute Gasteiger partial charge is 0.262 e. The molecule has 144 valence electrons. The molecule has 2 amide bonds. The molecule has 5 rings (SSSR count). The number of para-hydroxylation sites is 1. The first-order valence-corrected chi connectivity index (χ1v) is 9.95. The van der Waals surface area contributed by atoms with Crippen molar-refractivity contribution in [1.82, 2.24) is 10.9 Å². The minimum Gasteiger partial charge on any atom is -0.496 e. The summed E-state index contributed by atoms with van der Waals surface area (Å²) in [5.41, 5.74) is 6.10. The molecule has 1 aromatic carbocycles. The average Bonchev–Trinajstić information content (AvgIpc) is 2.63. The molecule has 0 spiro atoms. The highest BCUT2D eigenvalue weighted by atomic mass is 16.5. The third-order valence-electron chi connectivity index (χ3n) is 6.58. The lowest BCUT2D eigenvalue weighted by Gasteiger charge is -2.56. The second-order valence-corrected chi connectivity index (χ2v) is 8.71. The van der Waals surface area contributed by atoms with E-state index in [2.05, 4.69) is 10.9 Å². The van der Waals surface area contributed by atoms with Crippen molar-refractivity contribution in [1.29, 1.82) is 0 Å². The van der Waals surface area contributed by atoms with Gasteiger partial charge >= 0.3 is 0 Å². The monoisotopic (exact) mass is 368 g/mol. The van der Waals surface area contributed by atoms with Crippen molar-refractivity contribution in [2.45, 2.75) is 44.9 Å². The van der Waals surface area contributed by atoms with Crippen LogP contribution in [0.5, 0.6) is 5.75 Å². The number of carbonyl (C=O) groups excluding carboxylic acids is 2. The summed E-state index contributed by atoms with van der Waals surface area (Å²) in [4.78, 5) is 24.5. The molecule has 0 radical (unpaired) electrons. The van der Waals surface area contributed by atoms with Gasteiger partial charge in [-0.05, 0) is 73.8 Å². The lowest BCUT2D eigenvalue weighted by molar-refractivity contribution is -0.133. The van der Waals surface area contributed by atoms with Gasteiger partial charge in [0.25, 0.3) is 5.91 Å². The first-order chi connectivity index (χ1) is 13.0. The van der Waals surface area contributed by atoms with Crippen molar-refractivity contribution in [3.8, 4) is 5.75 Å². The Bertz CT molecular complexity index is 720. The molecular formula is C22H28N2O3. The number of hydrogen-bond donors (Lipinski definition) is 2. The molecule has 4 saturated carbocycles. The molecule has 4 fully saturated rings. The summed E-state index contributed by atoms with van der Waals surface area (Å²) < 4.78 is 5.26. The highest BCUT2D eigenvalue weighted by molar-refractivity contribution is 5.93. The molecule has 0 unspecified atom stereocenters. The van der Waals surface area contributed by atoms with E-state index >= 15 is 0 Å². The predicted octanol–water partition coefficient (Wildman–Crippen LogP) is 3.46. The van der Waals surface area contributed by atoms with Crippen LogP contribution >= 0.6 is 0 Å². The molecule has 2 N–H and O–H groups in total. The zero-order valence-corrected chi connectivity index (χ0v) is 15.9. The highest BCUT2D eigenvalue weighted by Gasteiger charge is 2.51. The fourth-order valence-corrected chi connectivity index (χ4v) is 6.03. The second kappa shape index (κ2) is 7.37. The number of benzene rings is 1. The maximum absolute atomic E-state index is 12.4. The van der Waals surface area contributed by atoms with Crippen LogP contribution in [0.2, 0.25) is 0 Å². The van der Waals surface area contributed by atoms with E-state index in [9.17, 15) is 9.59 Å². The first kappa shape index (κ1) is 18.1. The highest BCUT2D eigenvalue weighted by Crippen LogP contribution is 2.61. The second-order valence-electron chi connectivity index (χ2n) is 8.71. The molecular weight excluding hydrogens is 340 g/mol. The molecule has 0 aliphatic heterocycles. The van der Waals surface area contributed by atoms with Gasteiger partial charge in [-0.1, -0.05) is 18.2 Å². The summed E-state index contributed by atoms with van der Waals surface area (Å²) in [7, 11) is 1.59. The number of ether oxygens (including phenoxy) is 1. The van der Waals surface area contributed by atoms with E-state index in [-0.39, 0.29) is 17.2 Å². The van der Waals surface area contributed by atoms with E-state index < -0.39 is 0 Å². The van der Waals surface area contributed by atoms with Gasteiger partial charge in [-0.15, -0.1) is 0 Å². The van der Waals surface area contributed by atoms with Gasteiger partial charge in [-0.25, -0.2) is 0 Å². The Hall–Kier alpha value is -2.30. The van der Waals surface area contributed by atoms with Gasteiger partial charge in [-0.2, -0.15) is 0 Å². The van der Waals surface area contributed by atoms with Gasteiger partial charge in [0.1, 0.15) is 5.75 Å². The van der Waals surface area contributed by atoms with E-state index in [1.54, 1.807) is 13.2 Å². The van der Waals surface area contributed by atoms with Crippen molar-refractivity contribution in [3.05, 3.63) is 35.9 Å². The number of nitrogens with one attached hydrogen (secondary N) is 2. The topological polar surface area (TPSA) is 67.4 Å². The largest absolute Gasteiger partial charge is 0.496 e. The first-order valence-electron chi connectivity index (χ1n) is 9.95. The van der Waals surface area contributed by atoms with Crippen LogP contribution in [0.4, 0.5) is 0 Å². The van der Waals surface area contributed by atoms with Crippen molar-refractivity contribution < 1.29 is 14.3 Å². The van der Waals surface area contributed by atoms with Gasteiger partial charge < -0.3 is 4.74 Å². The molecule has 5 heteroatoms. The third kappa shape index (κ3) is 4.02. The van der Waals surface area contributed by atoms with Gasteiger partial charge in [0.15, 0.2) is 0 Å². The molecule has 5 nitrogen and oxygen atoms in total. The Morgan fingerprint density at radius 3 is 2.33 bits per heavy atom.